The number of halogens is 3. The van der Waals surface area contributed by atoms with Crippen LogP contribution >= 0.6 is 0 Å². The predicted octanol–water partition coefficient (Wildman–Crippen LogP) is 3.23. The van der Waals surface area contributed by atoms with Gasteiger partial charge in [0.2, 0.25) is 0 Å². The Bertz CT molecular complexity index is 1010. The fourth-order valence-corrected chi connectivity index (χ4v) is 4.82. The zero-order chi connectivity index (χ0) is 24.3. The van der Waals surface area contributed by atoms with Crippen LogP contribution in [-0.4, -0.2) is 71.1 Å². The quantitative estimate of drug-likeness (QED) is 0.690. The topological polar surface area (TPSA) is 62.6 Å². The Morgan fingerprint density at radius 2 is 2.00 bits per heavy atom. The Labute approximate surface area is 197 Å². The lowest BCUT2D eigenvalue weighted by Gasteiger charge is -2.26. The smallest absolute Gasteiger partial charge is 0.405 e. The van der Waals surface area contributed by atoms with Gasteiger partial charge in [-0.05, 0) is 52.3 Å². The number of carbonyl (C=O) groups excluding carboxylic acids is 1. The first-order valence-corrected chi connectivity index (χ1v) is 11.9. The van der Waals surface area contributed by atoms with E-state index < -0.39 is 6.36 Å². The van der Waals surface area contributed by atoms with E-state index in [0.29, 0.717) is 37.3 Å². The van der Waals surface area contributed by atoms with Gasteiger partial charge < -0.3 is 19.9 Å². The van der Waals surface area contributed by atoms with Gasteiger partial charge in [0.1, 0.15) is 5.75 Å². The highest BCUT2D eigenvalue weighted by molar-refractivity contribution is 5.94. The zero-order valence-corrected chi connectivity index (χ0v) is 19.7. The number of ether oxygens (including phenoxy) is 1. The van der Waals surface area contributed by atoms with Crippen molar-refractivity contribution in [2.45, 2.75) is 58.1 Å². The van der Waals surface area contributed by atoms with E-state index in [9.17, 15) is 18.0 Å². The molecule has 7 nitrogen and oxygen atoms in total. The van der Waals surface area contributed by atoms with Gasteiger partial charge in [0, 0.05) is 55.6 Å². The summed E-state index contributed by atoms with van der Waals surface area (Å²) in [5, 5.41) is 8.06. The van der Waals surface area contributed by atoms with Gasteiger partial charge in [0.25, 0.3) is 5.91 Å². The van der Waals surface area contributed by atoms with Gasteiger partial charge in [-0.3, -0.25) is 9.48 Å². The molecule has 1 amide bonds. The van der Waals surface area contributed by atoms with Gasteiger partial charge in [-0.2, -0.15) is 5.10 Å². The van der Waals surface area contributed by atoms with E-state index in [4.69, 9.17) is 0 Å². The van der Waals surface area contributed by atoms with Gasteiger partial charge >= 0.3 is 6.36 Å². The van der Waals surface area contributed by atoms with Crippen LogP contribution in [0.1, 0.15) is 47.1 Å². The minimum Gasteiger partial charge on any atom is -0.405 e. The number of hydrogen-bond donors (Lipinski definition) is 1. The largest absolute Gasteiger partial charge is 0.573 e. The monoisotopic (exact) mass is 479 g/mol. The van der Waals surface area contributed by atoms with Gasteiger partial charge in [0.15, 0.2) is 5.69 Å². The SMILES string of the molecule is CCn1nc(C(=O)N2CCCN(C)CC2)c2c1CC[C@@H](NCc1ccccc1OC(F)(F)F)C2. The number of carbonyl (C=O) groups is 1. The molecule has 1 saturated heterocycles. The van der Waals surface area contributed by atoms with E-state index in [0.717, 1.165) is 43.6 Å². The molecular weight excluding hydrogens is 447 g/mol. The first-order chi connectivity index (χ1) is 16.2. The summed E-state index contributed by atoms with van der Waals surface area (Å²) >= 11 is 0. The van der Waals surface area contributed by atoms with Crippen molar-refractivity contribution in [1.29, 1.82) is 0 Å². The second-order valence-electron chi connectivity index (χ2n) is 9.01. The number of aromatic nitrogens is 2. The summed E-state index contributed by atoms with van der Waals surface area (Å²) in [6.45, 7) is 6.16. The molecule has 0 saturated carbocycles. The van der Waals surface area contributed by atoms with Crippen LogP contribution in [0.2, 0.25) is 0 Å². The minimum atomic E-state index is -4.73. The Hall–Kier alpha value is -2.59. The Morgan fingerprint density at radius 3 is 2.76 bits per heavy atom. The molecule has 186 valence electrons. The maximum atomic E-state index is 13.4. The molecule has 0 unspecified atom stereocenters. The molecule has 10 heteroatoms. The number of aryl methyl sites for hydroxylation is 1. The number of para-hydroxylation sites is 1. The Morgan fingerprint density at radius 1 is 1.21 bits per heavy atom. The number of fused-ring (bicyclic) bond motifs is 1. The highest BCUT2D eigenvalue weighted by atomic mass is 19.4. The fourth-order valence-electron chi connectivity index (χ4n) is 4.82. The summed E-state index contributed by atoms with van der Waals surface area (Å²) in [7, 11) is 2.07. The van der Waals surface area contributed by atoms with Crippen molar-refractivity contribution in [1.82, 2.24) is 24.9 Å². The van der Waals surface area contributed by atoms with Crippen LogP contribution in [0.25, 0.3) is 0 Å². The van der Waals surface area contributed by atoms with E-state index in [1.54, 1.807) is 12.1 Å². The van der Waals surface area contributed by atoms with Crippen LogP contribution in [0, 0.1) is 0 Å². The van der Waals surface area contributed by atoms with Crippen molar-refractivity contribution >= 4 is 5.91 Å². The lowest BCUT2D eigenvalue weighted by atomic mass is 9.90. The maximum absolute atomic E-state index is 13.4. The predicted molar refractivity (Wildman–Crippen MR) is 122 cm³/mol. The van der Waals surface area contributed by atoms with Crippen LogP contribution in [0.3, 0.4) is 0 Å². The third kappa shape index (κ3) is 5.72. The van der Waals surface area contributed by atoms with Crippen LogP contribution in [0.4, 0.5) is 13.2 Å². The van der Waals surface area contributed by atoms with Crippen LogP contribution in [0.5, 0.6) is 5.75 Å². The molecule has 1 atom stereocenters. The van der Waals surface area contributed by atoms with Crippen LogP contribution in [-0.2, 0) is 25.9 Å². The number of nitrogens with one attached hydrogen (secondary N) is 1. The summed E-state index contributed by atoms with van der Waals surface area (Å²) in [4.78, 5) is 17.5. The average molecular weight is 480 g/mol. The first kappa shape index (κ1) is 24.5. The van der Waals surface area contributed by atoms with Gasteiger partial charge in [-0.25, -0.2) is 0 Å². The number of nitrogens with zero attached hydrogens (tertiary/aromatic N) is 4. The van der Waals surface area contributed by atoms with Crippen LogP contribution < -0.4 is 10.1 Å². The molecule has 0 spiro atoms. The third-order valence-corrected chi connectivity index (χ3v) is 6.63. The molecule has 4 rings (SSSR count). The second kappa shape index (κ2) is 10.4. The van der Waals surface area contributed by atoms with E-state index in [1.807, 2.05) is 16.5 Å². The Balaban J connectivity index is 1.48. The molecule has 2 aromatic rings. The van der Waals surface area contributed by atoms with Crippen molar-refractivity contribution < 1.29 is 22.7 Å². The first-order valence-electron chi connectivity index (χ1n) is 11.9. The number of rotatable bonds is 6. The van der Waals surface area contributed by atoms with E-state index >= 15 is 0 Å². The maximum Gasteiger partial charge on any atom is 0.573 e. The zero-order valence-electron chi connectivity index (χ0n) is 19.7. The fraction of sp³-hybridized carbons (Fsp3) is 0.583. The third-order valence-electron chi connectivity index (χ3n) is 6.63. The van der Waals surface area contributed by atoms with E-state index in [-0.39, 0.29) is 24.2 Å². The molecule has 1 fully saturated rings. The van der Waals surface area contributed by atoms with E-state index in [1.165, 1.54) is 12.1 Å². The molecule has 1 aromatic heterocycles. The Kier molecular flexibility index (Phi) is 7.47. The summed E-state index contributed by atoms with van der Waals surface area (Å²) in [5.41, 5.74) is 3.03. The summed E-state index contributed by atoms with van der Waals surface area (Å²) < 4.78 is 44.3. The molecule has 0 radical (unpaired) electrons. The lowest BCUT2D eigenvalue weighted by molar-refractivity contribution is -0.274. The highest BCUT2D eigenvalue weighted by Gasteiger charge is 2.33. The van der Waals surface area contributed by atoms with Crippen molar-refractivity contribution in [3.05, 3.63) is 46.8 Å². The minimum absolute atomic E-state index is 0.0247. The van der Waals surface area contributed by atoms with Crippen molar-refractivity contribution in [2.75, 3.05) is 33.2 Å². The molecule has 1 aliphatic heterocycles. The molecule has 1 aromatic carbocycles. The summed E-state index contributed by atoms with van der Waals surface area (Å²) in [5.74, 6) is -0.219. The number of amides is 1. The number of likely N-dealkylation sites (N-methyl/N-ethyl adjacent to an activating group) is 1. The lowest BCUT2D eigenvalue weighted by Crippen LogP contribution is -2.37. The second-order valence-corrected chi connectivity index (χ2v) is 9.01. The molecule has 2 aliphatic rings. The number of alkyl halides is 3. The highest BCUT2D eigenvalue weighted by Crippen LogP contribution is 2.29. The number of benzene rings is 1. The summed E-state index contributed by atoms with van der Waals surface area (Å²) in [6.07, 6.45) is -1.59. The average Bonchev–Trinajstić information content (AvgIpc) is 3.02. The molecular formula is C24H32F3N5O2. The molecule has 34 heavy (non-hydrogen) atoms. The van der Waals surface area contributed by atoms with Crippen molar-refractivity contribution in [3.63, 3.8) is 0 Å². The normalized spacial score (nSPS) is 19.6. The molecule has 1 aliphatic carbocycles. The van der Waals surface area contributed by atoms with Crippen molar-refractivity contribution in [2.24, 2.45) is 0 Å². The van der Waals surface area contributed by atoms with Gasteiger partial charge in [-0.15, -0.1) is 13.2 Å². The standard InChI is InChI=1S/C24H32F3N5O2/c1-3-32-20-10-9-18(28-16-17-7-4-5-8-21(17)34-24(25,26)27)15-19(20)22(29-32)23(33)31-12-6-11-30(2)13-14-31/h4-5,7-8,18,28H,3,6,9-16H2,1-2H3/t18-/m1/s1. The molecule has 0 bridgehead atoms. The van der Waals surface area contributed by atoms with Gasteiger partial charge in [-0.1, -0.05) is 18.2 Å². The van der Waals surface area contributed by atoms with E-state index in [2.05, 4.69) is 27.1 Å². The molecule has 2 heterocycles. The summed E-state index contributed by atoms with van der Waals surface area (Å²) in [6, 6.07) is 6.20. The number of hydrogen-bond acceptors (Lipinski definition) is 5. The van der Waals surface area contributed by atoms with Crippen molar-refractivity contribution in [3.8, 4) is 5.75 Å². The van der Waals surface area contributed by atoms with Gasteiger partial charge in [0.05, 0.1) is 0 Å². The van der Waals surface area contributed by atoms with Crippen LogP contribution in [0.15, 0.2) is 24.3 Å². The molecule has 1 N–H and O–H groups in total.